The Morgan fingerprint density at radius 2 is 1.92 bits per heavy atom. The molecule has 0 aliphatic carbocycles. The van der Waals surface area contributed by atoms with E-state index in [1.54, 1.807) is 0 Å². The fourth-order valence-electron chi connectivity index (χ4n) is 0.588. The molecule has 0 atom stereocenters. The average Bonchev–Trinajstić information content (AvgIpc) is 2.11. The first-order chi connectivity index (χ1) is 6.20. The summed E-state index contributed by atoms with van der Waals surface area (Å²) in [5.74, 6) is -1.13. The van der Waals surface area contributed by atoms with Gasteiger partial charge in [0.2, 0.25) is 0 Å². The van der Waals surface area contributed by atoms with Crippen LogP contribution >= 0.6 is 0 Å². The van der Waals surface area contributed by atoms with E-state index in [9.17, 15) is 9.59 Å². The summed E-state index contributed by atoms with van der Waals surface area (Å²) in [6.07, 6.45) is 1.86. The summed E-state index contributed by atoms with van der Waals surface area (Å²) in [6, 6.07) is 0. The van der Waals surface area contributed by atoms with Gasteiger partial charge in [0.1, 0.15) is 13.0 Å². The lowest BCUT2D eigenvalue weighted by Gasteiger charge is -2.02. The molecule has 0 aromatic rings. The van der Waals surface area contributed by atoms with Crippen LogP contribution in [0, 0.1) is 0 Å². The molecule has 74 valence electrons. The van der Waals surface area contributed by atoms with E-state index in [1.165, 1.54) is 6.08 Å². The number of ether oxygens (including phenoxy) is 2. The summed E-state index contributed by atoms with van der Waals surface area (Å²) < 4.78 is 9.26. The van der Waals surface area contributed by atoms with Crippen LogP contribution in [-0.2, 0) is 19.1 Å². The molecular weight excluding hydrogens is 172 g/mol. The van der Waals surface area contributed by atoms with Crippen molar-refractivity contribution < 1.29 is 19.1 Å². The second kappa shape index (κ2) is 7.34. The van der Waals surface area contributed by atoms with Gasteiger partial charge < -0.3 is 9.47 Å². The molecule has 0 fully saturated rings. The minimum Gasteiger partial charge on any atom is -0.465 e. The molecule has 0 aromatic heterocycles. The number of esters is 2. The van der Waals surface area contributed by atoms with Crippen molar-refractivity contribution in [1.82, 2.24) is 0 Å². The first-order valence-corrected chi connectivity index (χ1v) is 4.12. The molecular formula is C9H14O4. The van der Waals surface area contributed by atoms with Crippen LogP contribution in [0.5, 0.6) is 0 Å². The third-order valence-corrected chi connectivity index (χ3v) is 1.12. The Labute approximate surface area is 77.5 Å². The van der Waals surface area contributed by atoms with Gasteiger partial charge >= 0.3 is 11.9 Å². The van der Waals surface area contributed by atoms with E-state index in [0.29, 0.717) is 6.61 Å². The fourth-order valence-corrected chi connectivity index (χ4v) is 0.588. The predicted molar refractivity (Wildman–Crippen MR) is 47.0 cm³/mol. The maximum absolute atomic E-state index is 10.8. The minimum absolute atomic E-state index is 0.125. The molecule has 0 spiro atoms. The van der Waals surface area contributed by atoms with Gasteiger partial charge in [0.25, 0.3) is 0 Å². The molecule has 0 unspecified atom stereocenters. The lowest BCUT2D eigenvalue weighted by atomic mass is 10.4. The molecule has 0 bridgehead atoms. The van der Waals surface area contributed by atoms with Gasteiger partial charge in [-0.25, -0.2) is 0 Å². The molecule has 4 heteroatoms. The third-order valence-electron chi connectivity index (χ3n) is 1.12. The van der Waals surface area contributed by atoms with Gasteiger partial charge in [-0.05, 0) is 6.42 Å². The summed E-state index contributed by atoms with van der Waals surface area (Å²) in [6.45, 7) is 5.71. The van der Waals surface area contributed by atoms with Gasteiger partial charge in [-0.3, -0.25) is 9.59 Å². The van der Waals surface area contributed by atoms with Crippen LogP contribution in [0.1, 0.15) is 19.8 Å². The largest absolute Gasteiger partial charge is 0.465 e. The lowest BCUT2D eigenvalue weighted by molar-refractivity contribution is -0.153. The van der Waals surface area contributed by atoms with Crippen molar-refractivity contribution in [3.05, 3.63) is 12.7 Å². The summed E-state index contributed by atoms with van der Waals surface area (Å²) in [4.78, 5) is 21.6. The Morgan fingerprint density at radius 1 is 1.31 bits per heavy atom. The summed E-state index contributed by atoms with van der Waals surface area (Å²) in [5.41, 5.74) is 0. The standard InChI is InChI=1S/C9H14O4/c1-3-5-12-8(10)7-9(11)13-6-4-2/h3H,1,4-7H2,2H3. The van der Waals surface area contributed by atoms with Crippen LogP contribution in [-0.4, -0.2) is 25.2 Å². The normalized spacial score (nSPS) is 9.00. The number of carbonyl (C=O) groups is 2. The first-order valence-electron chi connectivity index (χ1n) is 4.12. The van der Waals surface area contributed by atoms with Crippen LogP contribution in [0.3, 0.4) is 0 Å². The molecule has 0 amide bonds. The van der Waals surface area contributed by atoms with Gasteiger partial charge in [0.05, 0.1) is 6.61 Å². The Bertz CT molecular complexity index is 186. The Morgan fingerprint density at radius 3 is 2.46 bits per heavy atom. The Hall–Kier alpha value is -1.32. The summed E-state index contributed by atoms with van der Waals surface area (Å²) in [7, 11) is 0. The summed E-state index contributed by atoms with van der Waals surface area (Å²) in [5, 5.41) is 0. The van der Waals surface area contributed by atoms with Crippen LogP contribution in [0.25, 0.3) is 0 Å². The molecule has 13 heavy (non-hydrogen) atoms. The molecule has 0 aliphatic heterocycles. The highest BCUT2D eigenvalue weighted by Crippen LogP contribution is 1.92. The van der Waals surface area contributed by atoms with Gasteiger partial charge in [0.15, 0.2) is 0 Å². The maximum Gasteiger partial charge on any atom is 0.317 e. The van der Waals surface area contributed by atoms with Gasteiger partial charge in [-0.15, -0.1) is 0 Å². The quantitative estimate of drug-likeness (QED) is 0.353. The van der Waals surface area contributed by atoms with E-state index < -0.39 is 11.9 Å². The molecule has 0 N–H and O–H groups in total. The maximum atomic E-state index is 10.8. The van der Waals surface area contributed by atoms with Crippen LogP contribution in [0.2, 0.25) is 0 Å². The van der Waals surface area contributed by atoms with Crippen LogP contribution in [0.4, 0.5) is 0 Å². The van der Waals surface area contributed by atoms with Crippen molar-refractivity contribution in [2.75, 3.05) is 13.2 Å². The van der Waals surface area contributed by atoms with E-state index in [4.69, 9.17) is 0 Å². The van der Waals surface area contributed by atoms with E-state index in [2.05, 4.69) is 16.1 Å². The average molecular weight is 186 g/mol. The molecule has 0 saturated carbocycles. The van der Waals surface area contributed by atoms with Crippen molar-refractivity contribution in [2.24, 2.45) is 0 Å². The second-order valence-corrected chi connectivity index (χ2v) is 2.37. The first kappa shape index (κ1) is 11.7. The molecule has 0 saturated heterocycles. The fraction of sp³-hybridized carbons (Fsp3) is 0.556. The molecule has 0 rings (SSSR count). The van der Waals surface area contributed by atoms with Crippen LogP contribution < -0.4 is 0 Å². The van der Waals surface area contributed by atoms with Gasteiger partial charge in [-0.1, -0.05) is 19.6 Å². The zero-order chi connectivity index (χ0) is 10.1. The topological polar surface area (TPSA) is 52.6 Å². The molecule has 0 heterocycles. The Balaban J connectivity index is 3.53. The highest BCUT2D eigenvalue weighted by molar-refractivity contribution is 5.91. The second-order valence-electron chi connectivity index (χ2n) is 2.37. The van der Waals surface area contributed by atoms with Crippen molar-refractivity contribution in [1.29, 1.82) is 0 Å². The Kier molecular flexibility index (Phi) is 6.59. The molecule has 0 radical (unpaired) electrons. The smallest absolute Gasteiger partial charge is 0.317 e. The monoisotopic (exact) mass is 186 g/mol. The zero-order valence-electron chi connectivity index (χ0n) is 7.75. The number of rotatable bonds is 6. The molecule has 0 aromatic carbocycles. The van der Waals surface area contributed by atoms with Crippen molar-refractivity contribution in [3.63, 3.8) is 0 Å². The highest BCUT2D eigenvalue weighted by atomic mass is 16.6. The minimum atomic E-state index is -0.582. The van der Waals surface area contributed by atoms with E-state index in [-0.39, 0.29) is 13.0 Å². The summed E-state index contributed by atoms with van der Waals surface area (Å²) >= 11 is 0. The predicted octanol–water partition coefficient (Wildman–Crippen LogP) is 1.06. The third kappa shape index (κ3) is 7.05. The van der Waals surface area contributed by atoms with Gasteiger partial charge in [-0.2, -0.15) is 0 Å². The van der Waals surface area contributed by atoms with E-state index >= 15 is 0 Å². The van der Waals surface area contributed by atoms with E-state index in [0.717, 1.165) is 6.42 Å². The van der Waals surface area contributed by atoms with Crippen molar-refractivity contribution in [2.45, 2.75) is 19.8 Å². The lowest BCUT2D eigenvalue weighted by Crippen LogP contribution is -2.14. The molecule has 0 aliphatic rings. The number of carbonyl (C=O) groups excluding carboxylic acids is 2. The highest BCUT2D eigenvalue weighted by Gasteiger charge is 2.10. The zero-order valence-corrected chi connectivity index (χ0v) is 7.75. The molecule has 4 nitrogen and oxygen atoms in total. The van der Waals surface area contributed by atoms with Crippen LogP contribution in [0.15, 0.2) is 12.7 Å². The van der Waals surface area contributed by atoms with Crippen molar-refractivity contribution >= 4 is 11.9 Å². The van der Waals surface area contributed by atoms with E-state index in [1.807, 2.05) is 6.92 Å². The number of hydrogen-bond donors (Lipinski definition) is 0. The van der Waals surface area contributed by atoms with Gasteiger partial charge in [0, 0.05) is 0 Å². The number of hydrogen-bond acceptors (Lipinski definition) is 4. The van der Waals surface area contributed by atoms with Crippen molar-refractivity contribution in [3.8, 4) is 0 Å². The SMILES string of the molecule is C=CCOC(=O)CC(=O)OCCC.